The Labute approximate surface area is 139 Å². The maximum absolute atomic E-state index is 12.4. The molecule has 0 radical (unpaired) electrons. The summed E-state index contributed by atoms with van der Waals surface area (Å²) in [5.74, 6) is 0. The second kappa shape index (κ2) is 5.35. The van der Waals surface area contributed by atoms with E-state index in [1.165, 1.54) is 11.3 Å². The Hall–Kier alpha value is -0.960. The molecule has 1 aromatic carbocycles. The van der Waals surface area contributed by atoms with Crippen molar-refractivity contribution in [2.75, 3.05) is 4.72 Å². The van der Waals surface area contributed by atoms with Gasteiger partial charge in [0, 0.05) is 4.88 Å². The van der Waals surface area contributed by atoms with Crippen molar-refractivity contribution >= 4 is 64.5 Å². The van der Waals surface area contributed by atoms with Crippen LogP contribution in [-0.2, 0) is 10.0 Å². The van der Waals surface area contributed by atoms with Gasteiger partial charge in [-0.05, 0) is 54.0 Å². The highest BCUT2D eigenvalue weighted by Gasteiger charge is 2.19. The van der Waals surface area contributed by atoms with Gasteiger partial charge in [-0.1, -0.05) is 0 Å². The number of rotatable bonds is 3. The van der Waals surface area contributed by atoms with Crippen molar-refractivity contribution in [3.8, 4) is 0 Å². The Morgan fingerprint density at radius 3 is 2.62 bits per heavy atom. The molecule has 0 saturated heterocycles. The fourth-order valence-electron chi connectivity index (χ4n) is 2.01. The maximum Gasteiger partial charge on any atom is 0.263 e. The first-order valence-electron chi connectivity index (χ1n) is 6.01. The number of nitrogens with one attached hydrogen (secondary N) is 1. The molecule has 0 aliphatic heterocycles. The summed E-state index contributed by atoms with van der Waals surface area (Å²) < 4.78 is 29.3. The van der Waals surface area contributed by atoms with Gasteiger partial charge in [-0.3, -0.25) is 4.72 Å². The minimum Gasteiger partial charge on any atom is -0.280 e. The lowest BCUT2D eigenvalue weighted by molar-refractivity contribution is 0.601. The first kappa shape index (κ1) is 15.0. The van der Waals surface area contributed by atoms with E-state index in [1.807, 2.05) is 19.1 Å². The zero-order valence-electron chi connectivity index (χ0n) is 11.2. The molecule has 0 unspecified atom stereocenters. The van der Waals surface area contributed by atoms with Gasteiger partial charge in [-0.2, -0.15) is 0 Å². The number of nitrogens with zero attached hydrogens (tertiary/aromatic N) is 1. The molecule has 2 heterocycles. The largest absolute Gasteiger partial charge is 0.280 e. The minimum atomic E-state index is -3.57. The number of fused-ring (bicyclic) bond motifs is 1. The number of hydrogen-bond donors (Lipinski definition) is 1. The average molecular weight is 403 g/mol. The van der Waals surface area contributed by atoms with Gasteiger partial charge in [0.25, 0.3) is 10.0 Å². The van der Waals surface area contributed by atoms with E-state index in [2.05, 4.69) is 25.6 Å². The fourth-order valence-corrected chi connectivity index (χ4v) is 6.34. The Morgan fingerprint density at radius 2 is 1.95 bits per heavy atom. The van der Waals surface area contributed by atoms with Crippen molar-refractivity contribution in [1.29, 1.82) is 0 Å². The highest BCUT2D eigenvalue weighted by Crippen LogP contribution is 2.31. The molecule has 3 rings (SSSR count). The summed E-state index contributed by atoms with van der Waals surface area (Å²) in [7, 11) is -3.57. The zero-order valence-corrected chi connectivity index (χ0v) is 15.2. The molecule has 2 aromatic heterocycles. The van der Waals surface area contributed by atoms with Crippen LogP contribution in [0.25, 0.3) is 10.2 Å². The molecule has 3 aromatic rings. The van der Waals surface area contributed by atoms with Crippen LogP contribution in [0.3, 0.4) is 0 Å². The highest BCUT2D eigenvalue weighted by molar-refractivity contribution is 9.11. The summed E-state index contributed by atoms with van der Waals surface area (Å²) in [6.07, 6.45) is 0. The summed E-state index contributed by atoms with van der Waals surface area (Å²) >= 11 is 6.26. The van der Waals surface area contributed by atoms with E-state index >= 15 is 0 Å². The standard InChI is InChI=1S/C13H11BrN2O2S3/c1-7-12(6-13(14)19-7)21(17,18)16-9-3-4-10-11(5-9)20-8(2)15-10/h3-6,16H,1-2H3. The van der Waals surface area contributed by atoms with Gasteiger partial charge in [0.1, 0.15) is 4.90 Å². The molecule has 8 heteroatoms. The second-order valence-corrected chi connectivity index (χ2v) is 10.0. The van der Waals surface area contributed by atoms with Crippen LogP contribution in [0.5, 0.6) is 0 Å². The van der Waals surface area contributed by atoms with Crippen LogP contribution in [-0.4, -0.2) is 13.4 Å². The maximum atomic E-state index is 12.4. The zero-order chi connectivity index (χ0) is 15.2. The van der Waals surface area contributed by atoms with Crippen molar-refractivity contribution in [2.45, 2.75) is 18.7 Å². The van der Waals surface area contributed by atoms with E-state index in [0.717, 1.165) is 23.9 Å². The predicted octanol–water partition coefficient (Wildman–Crippen LogP) is 4.54. The monoisotopic (exact) mass is 402 g/mol. The molecule has 4 nitrogen and oxygen atoms in total. The summed E-state index contributed by atoms with van der Waals surface area (Å²) in [4.78, 5) is 5.42. The first-order chi connectivity index (χ1) is 9.85. The summed E-state index contributed by atoms with van der Waals surface area (Å²) in [5.41, 5.74) is 1.43. The smallest absolute Gasteiger partial charge is 0.263 e. The lowest BCUT2D eigenvalue weighted by Crippen LogP contribution is -2.12. The van der Waals surface area contributed by atoms with Crippen LogP contribution in [0, 0.1) is 13.8 Å². The van der Waals surface area contributed by atoms with Crippen molar-refractivity contribution in [1.82, 2.24) is 4.98 Å². The van der Waals surface area contributed by atoms with Crippen molar-refractivity contribution in [3.05, 3.63) is 37.9 Å². The fraction of sp³-hybridized carbons (Fsp3) is 0.154. The number of hydrogen-bond acceptors (Lipinski definition) is 5. The summed E-state index contributed by atoms with van der Waals surface area (Å²) in [6, 6.07) is 6.99. The number of sulfonamides is 1. The molecule has 0 amide bonds. The molecule has 0 aliphatic rings. The third kappa shape index (κ3) is 2.98. The number of aryl methyl sites for hydroxylation is 2. The minimum absolute atomic E-state index is 0.306. The Kier molecular flexibility index (Phi) is 3.81. The Balaban J connectivity index is 1.98. The Bertz CT molecular complexity index is 928. The van der Waals surface area contributed by atoms with Gasteiger partial charge in [0.15, 0.2) is 0 Å². The molecule has 0 saturated carbocycles. The van der Waals surface area contributed by atoms with Gasteiger partial charge in [-0.15, -0.1) is 22.7 Å². The number of aromatic nitrogens is 1. The number of halogens is 1. The van der Waals surface area contributed by atoms with Crippen molar-refractivity contribution in [3.63, 3.8) is 0 Å². The molecule has 0 atom stereocenters. The van der Waals surface area contributed by atoms with Gasteiger partial charge in [0.2, 0.25) is 0 Å². The number of anilines is 1. The first-order valence-corrected chi connectivity index (χ1v) is 9.92. The molecule has 0 bridgehead atoms. The average Bonchev–Trinajstić information content (AvgIpc) is 2.90. The number of thiophene rings is 1. The van der Waals surface area contributed by atoms with Gasteiger partial charge in [-0.25, -0.2) is 13.4 Å². The van der Waals surface area contributed by atoms with Gasteiger partial charge < -0.3 is 0 Å². The van der Waals surface area contributed by atoms with Crippen LogP contribution >= 0.6 is 38.6 Å². The molecule has 0 aliphatic carbocycles. The third-order valence-corrected chi connectivity index (χ3v) is 7.00. The van der Waals surface area contributed by atoms with E-state index in [4.69, 9.17) is 0 Å². The van der Waals surface area contributed by atoms with Crippen LogP contribution in [0.2, 0.25) is 0 Å². The predicted molar refractivity (Wildman–Crippen MR) is 91.9 cm³/mol. The van der Waals surface area contributed by atoms with Crippen LogP contribution in [0.15, 0.2) is 32.9 Å². The third-order valence-electron chi connectivity index (χ3n) is 2.88. The molecule has 0 fully saturated rings. The van der Waals surface area contributed by atoms with Crippen molar-refractivity contribution in [2.24, 2.45) is 0 Å². The molecule has 21 heavy (non-hydrogen) atoms. The van der Waals surface area contributed by atoms with E-state index in [1.54, 1.807) is 30.4 Å². The van der Waals surface area contributed by atoms with Gasteiger partial charge in [0.05, 0.1) is 24.7 Å². The van der Waals surface area contributed by atoms with Crippen LogP contribution in [0.1, 0.15) is 9.88 Å². The molecular formula is C13H11BrN2O2S3. The van der Waals surface area contributed by atoms with Crippen LogP contribution < -0.4 is 4.72 Å². The van der Waals surface area contributed by atoms with E-state index in [-0.39, 0.29) is 0 Å². The number of benzene rings is 1. The highest BCUT2D eigenvalue weighted by atomic mass is 79.9. The molecule has 110 valence electrons. The topological polar surface area (TPSA) is 59.1 Å². The SMILES string of the molecule is Cc1nc2ccc(NS(=O)(=O)c3cc(Br)sc3C)cc2s1. The van der Waals surface area contributed by atoms with E-state index in [9.17, 15) is 8.42 Å². The second-order valence-electron chi connectivity index (χ2n) is 4.49. The molecule has 0 spiro atoms. The van der Waals surface area contributed by atoms with Gasteiger partial charge >= 0.3 is 0 Å². The Morgan fingerprint density at radius 1 is 1.19 bits per heavy atom. The lowest BCUT2D eigenvalue weighted by atomic mass is 10.3. The summed E-state index contributed by atoms with van der Waals surface area (Å²) in [6.45, 7) is 3.72. The van der Waals surface area contributed by atoms with E-state index in [0.29, 0.717) is 10.6 Å². The van der Waals surface area contributed by atoms with Crippen molar-refractivity contribution < 1.29 is 8.42 Å². The molecule has 1 N–H and O–H groups in total. The lowest BCUT2D eigenvalue weighted by Gasteiger charge is -2.07. The number of thiazole rings is 1. The summed E-state index contributed by atoms with van der Waals surface area (Å²) in [5, 5.41) is 0.961. The quantitative estimate of drug-likeness (QED) is 0.699. The van der Waals surface area contributed by atoms with Crippen LogP contribution in [0.4, 0.5) is 5.69 Å². The van der Waals surface area contributed by atoms with E-state index < -0.39 is 10.0 Å². The molecular weight excluding hydrogens is 392 g/mol. The normalized spacial score (nSPS) is 12.0.